The summed E-state index contributed by atoms with van der Waals surface area (Å²) in [4.78, 5) is 23.6. The first kappa shape index (κ1) is 16.9. The Morgan fingerprint density at radius 1 is 1.04 bits per heavy atom. The number of imidazole rings is 1. The lowest BCUT2D eigenvalue weighted by Crippen LogP contribution is -2.46. The quantitative estimate of drug-likeness (QED) is 0.705. The van der Waals surface area contributed by atoms with Crippen LogP contribution in [0.2, 0.25) is 0 Å². The SMILES string of the molecule is O=C1C(Cc2nc3ccccc3[nH]2)SC2(CCCCC2)N1c1ccccc1. The number of hydrogen-bond donors (Lipinski definition) is 1. The Morgan fingerprint density at radius 3 is 2.56 bits per heavy atom. The van der Waals surface area contributed by atoms with E-state index in [1.54, 1.807) is 0 Å². The van der Waals surface area contributed by atoms with Crippen molar-refractivity contribution in [2.75, 3.05) is 4.90 Å². The number of aromatic nitrogens is 2. The number of nitrogens with one attached hydrogen (secondary N) is 1. The maximum Gasteiger partial charge on any atom is 0.241 e. The van der Waals surface area contributed by atoms with Gasteiger partial charge in [-0.05, 0) is 37.1 Å². The van der Waals surface area contributed by atoms with Gasteiger partial charge in [-0.1, -0.05) is 49.6 Å². The molecule has 1 aromatic heterocycles. The average Bonchev–Trinajstić information content (AvgIpc) is 3.22. The second-order valence-corrected chi connectivity index (χ2v) is 9.09. The topological polar surface area (TPSA) is 49.0 Å². The maximum atomic E-state index is 13.5. The molecule has 2 heterocycles. The summed E-state index contributed by atoms with van der Waals surface area (Å²) < 4.78 is 0. The first-order valence-electron chi connectivity index (χ1n) is 9.76. The number of fused-ring (bicyclic) bond motifs is 1. The predicted octanol–water partition coefficient (Wildman–Crippen LogP) is 4.91. The van der Waals surface area contributed by atoms with E-state index in [-0.39, 0.29) is 16.0 Å². The first-order valence-corrected chi connectivity index (χ1v) is 10.6. The summed E-state index contributed by atoms with van der Waals surface area (Å²) >= 11 is 1.87. The number of nitrogens with zero attached hydrogens (tertiary/aromatic N) is 2. The van der Waals surface area contributed by atoms with E-state index in [9.17, 15) is 4.79 Å². The van der Waals surface area contributed by atoms with Crippen LogP contribution in [0.25, 0.3) is 11.0 Å². The molecule has 1 N–H and O–H groups in total. The Hall–Kier alpha value is -2.27. The number of benzene rings is 2. The lowest BCUT2D eigenvalue weighted by Gasteiger charge is -2.40. The maximum absolute atomic E-state index is 13.5. The van der Waals surface area contributed by atoms with E-state index in [1.165, 1.54) is 19.3 Å². The number of rotatable bonds is 3. The highest BCUT2D eigenvalue weighted by Crippen LogP contribution is 2.52. The normalized spacial score (nSPS) is 22.0. The number of aromatic amines is 1. The minimum absolute atomic E-state index is 0.0798. The summed E-state index contributed by atoms with van der Waals surface area (Å²) in [5, 5.41) is -0.0798. The number of hydrogen-bond acceptors (Lipinski definition) is 3. The molecular weight excluding hydrogens is 354 g/mol. The van der Waals surface area contributed by atoms with E-state index in [0.29, 0.717) is 6.42 Å². The monoisotopic (exact) mass is 377 g/mol. The third-order valence-corrected chi connectivity index (χ3v) is 7.41. The Morgan fingerprint density at radius 2 is 1.78 bits per heavy atom. The molecule has 138 valence electrons. The summed E-state index contributed by atoms with van der Waals surface area (Å²) in [6, 6.07) is 18.2. The van der Waals surface area contributed by atoms with Gasteiger partial charge in [0.05, 0.1) is 21.2 Å². The number of carbonyl (C=O) groups excluding carboxylic acids is 1. The minimum Gasteiger partial charge on any atom is -0.342 e. The molecule has 2 aromatic carbocycles. The van der Waals surface area contributed by atoms with Gasteiger partial charge in [0.2, 0.25) is 5.91 Å². The molecule has 1 aliphatic heterocycles. The lowest BCUT2D eigenvalue weighted by atomic mass is 9.92. The van der Waals surface area contributed by atoms with Crippen LogP contribution in [0.4, 0.5) is 5.69 Å². The van der Waals surface area contributed by atoms with E-state index >= 15 is 0 Å². The standard InChI is InChI=1S/C22H23N3OS/c26-21-19(15-20-23-17-11-5-6-12-18(17)24-20)27-22(13-7-2-8-14-22)25(21)16-9-3-1-4-10-16/h1,3-6,9-12,19H,2,7-8,13-15H2,(H,23,24). The van der Waals surface area contributed by atoms with Crippen molar-refractivity contribution in [3.63, 3.8) is 0 Å². The molecule has 4 nitrogen and oxygen atoms in total. The molecule has 1 unspecified atom stereocenters. The molecule has 1 atom stereocenters. The van der Waals surface area contributed by atoms with Gasteiger partial charge in [0.15, 0.2) is 0 Å². The minimum atomic E-state index is -0.0899. The van der Waals surface area contributed by atoms with Crippen molar-refractivity contribution in [1.82, 2.24) is 9.97 Å². The van der Waals surface area contributed by atoms with Crippen molar-refractivity contribution >= 4 is 34.4 Å². The van der Waals surface area contributed by atoms with Gasteiger partial charge in [0.1, 0.15) is 5.82 Å². The third-order valence-electron chi connectivity index (χ3n) is 5.73. The molecule has 2 fully saturated rings. The van der Waals surface area contributed by atoms with Gasteiger partial charge in [-0.2, -0.15) is 0 Å². The summed E-state index contributed by atoms with van der Waals surface area (Å²) in [7, 11) is 0. The van der Waals surface area contributed by atoms with Crippen LogP contribution in [0.1, 0.15) is 37.9 Å². The van der Waals surface area contributed by atoms with Crippen LogP contribution in [-0.4, -0.2) is 26.0 Å². The van der Waals surface area contributed by atoms with Crippen LogP contribution >= 0.6 is 11.8 Å². The molecule has 1 spiro atoms. The van der Waals surface area contributed by atoms with Crippen LogP contribution in [0.5, 0.6) is 0 Å². The zero-order valence-electron chi connectivity index (χ0n) is 15.2. The van der Waals surface area contributed by atoms with Crippen LogP contribution in [0.3, 0.4) is 0 Å². The fourth-order valence-corrected chi connectivity index (χ4v) is 6.31. The number of carbonyl (C=O) groups is 1. The Bertz CT molecular complexity index is 929. The van der Waals surface area contributed by atoms with Crippen LogP contribution in [-0.2, 0) is 11.2 Å². The van der Waals surface area contributed by atoms with Crippen molar-refractivity contribution in [3.8, 4) is 0 Å². The summed E-state index contributed by atoms with van der Waals surface area (Å²) in [5.41, 5.74) is 3.04. The molecular formula is C22H23N3OS. The Kier molecular flexibility index (Phi) is 4.20. The zero-order chi connectivity index (χ0) is 18.3. The largest absolute Gasteiger partial charge is 0.342 e. The molecule has 27 heavy (non-hydrogen) atoms. The number of amides is 1. The molecule has 1 saturated heterocycles. The van der Waals surface area contributed by atoms with Gasteiger partial charge in [-0.25, -0.2) is 4.98 Å². The molecule has 5 rings (SSSR count). The van der Waals surface area contributed by atoms with Crippen LogP contribution in [0, 0.1) is 0 Å². The van der Waals surface area contributed by atoms with Crippen LogP contribution in [0.15, 0.2) is 54.6 Å². The zero-order valence-corrected chi connectivity index (χ0v) is 16.0. The van der Waals surface area contributed by atoms with E-state index in [0.717, 1.165) is 35.4 Å². The Balaban J connectivity index is 1.47. The smallest absolute Gasteiger partial charge is 0.241 e. The number of thioether (sulfide) groups is 1. The van der Waals surface area contributed by atoms with Crippen molar-refractivity contribution in [2.45, 2.75) is 48.6 Å². The van der Waals surface area contributed by atoms with Gasteiger partial charge in [-0.3, -0.25) is 9.69 Å². The second kappa shape index (κ2) is 6.71. The fraction of sp³-hybridized carbons (Fsp3) is 0.364. The molecule has 1 saturated carbocycles. The fourth-order valence-electron chi connectivity index (χ4n) is 4.50. The first-order chi connectivity index (χ1) is 13.3. The number of H-pyrrole nitrogens is 1. The molecule has 2 aliphatic rings. The summed E-state index contributed by atoms with van der Waals surface area (Å²) in [6.45, 7) is 0. The van der Waals surface area contributed by atoms with Gasteiger partial charge in [-0.15, -0.1) is 11.8 Å². The number of anilines is 1. The molecule has 5 heteroatoms. The van der Waals surface area contributed by atoms with Crippen molar-refractivity contribution < 1.29 is 4.79 Å². The van der Waals surface area contributed by atoms with Crippen molar-refractivity contribution in [2.24, 2.45) is 0 Å². The lowest BCUT2D eigenvalue weighted by molar-refractivity contribution is -0.118. The number of para-hydroxylation sites is 3. The van der Waals surface area contributed by atoms with Gasteiger partial charge in [0.25, 0.3) is 0 Å². The van der Waals surface area contributed by atoms with Gasteiger partial charge < -0.3 is 4.98 Å². The van der Waals surface area contributed by atoms with E-state index in [4.69, 9.17) is 4.98 Å². The molecule has 0 radical (unpaired) electrons. The highest BCUT2D eigenvalue weighted by molar-refractivity contribution is 8.02. The van der Waals surface area contributed by atoms with Crippen molar-refractivity contribution in [1.29, 1.82) is 0 Å². The molecule has 1 amide bonds. The predicted molar refractivity (Wildman–Crippen MR) is 111 cm³/mol. The third kappa shape index (κ3) is 2.94. The van der Waals surface area contributed by atoms with Gasteiger partial charge in [0, 0.05) is 12.1 Å². The van der Waals surface area contributed by atoms with Crippen LogP contribution < -0.4 is 4.90 Å². The van der Waals surface area contributed by atoms with E-state index in [2.05, 4.69) is 22.0 Å². The van der Waals surface area contributed by atoms with Crippen molar-refractivity contribution in [3.05, 3.63) is 60.4 Å². The van der Waals surface area contributed by atoms with Gasteiger partial charge >= 0.3 is 0 Å². The molecule has 0 bridgehead atoms. The second-order valence-electron chi connectivity index (χ2n) is 7.53. The van der Waals surface area contributed by atoms with E-state index in [1.807, 2.05) is 54.2 Å². The molecule has 3 aromatic rings. The summed E-state index contributed by atoms with van der Waals surface area (Å²) in [6.07, 6.45) is 6.47. The average molecular weight is 378 g/mol. The Labute approximate surface area is 163 Å². The van der Waals surface area contributed by atoms with E-state index < -0.39 is 0 Å². The summed E-state index contributed by atoms with van der Waals surface area (Å²) in [5.74, 6) is 1.14. The highest BCUT2D eigenvalue weighted by atomic mass is 32.2. The molecule has 1 aliphatic carbocycles. The highest BCUT2D eigenvalue weighted by Gasteiger charge is 2.52.